The Morgan fingerprint density at radius 1 is 1.30 bits per heavy atom. The Morgan fingerprint density at radius 3 is 2.60 bits per heavy atom. The van der Waals surface area contributed by atoms with Crippen LogP contribution in [0.15, 0.2) is 17.0 Å². The van der Waals surface area contributed by atoms with E-state index in [9.17, 15) is 17.2 Å². The van der Waals surface area contributed by atoms with Crippen LogP contribution in [0, 0.1) is 11.6 Å². The summed E-state index contributed by atoms with van der Waals surface area (Å²) in [6.45, 7) is -0.174. The molecule has 1 aromatic rings. The zero-order valence-corrected chi connectivity index (χ0v) is 12.8. The van der Waals surface area contributed by atoms with E-state index < -0.39 is 38.7 Å². The normalized spacial score (nSPS) is 11.8. The fourth-order valence-electron chi connectivity index (χ4n) is 1.63. The summed E-state index contributed by atoms with van der Waals surface area (Å²) in [4.78, 5) is -0.566. The number of nitrogens with two attached hydrogens (primary N) is 1. The molecule has 0 aliphatic heterocycles. The average Bonchev–Trinajstić information content (AvgIpc) is 2.38. The maximum Gasteiger partial charge on any atom is 0.243 e. The van der Waals surface area contributed by atoms with Crippen molar-refractivity contribution < 1.29 is 17.2 Å². The van der Waals surface area contributed by atoms with Crippen LogP contribution < -0.4 is 10.5 Å². The van der Waals surface area contributed by atoms with E-state index in [-0.39, 0.29) is 6.54 Å². The summed E-state index contributed by atoms with van der Waals surface area (Å²) in [5.41, 5.74) is 4.80. The van der Waals surface area contributed by atoms with Gasteiger partial charge >= 0.3 is 0 Å². The third kappa shape index (κ3) is 4.41. The molecule has 0 aliphatic carbocycles. The van der Waals surface area contributed by atoms with E-state index in [2.05, 4.69) is 4.72 Å². The molecular weight excluding hydrogens is 306 g/mol. The van der Waals surface area contributed by atoms with Crippen LogP contribution in [0.1, 0.15) is 18.4 Å². The number of thioether (sulfide) groups is 1. The van der Waals surface area contributed by atoms with Crippen LogP contribution >= 0.6 is 11.8 Å². The van der Waals surface area contributed by atoms with Gasteiger partial charge in [-0.2, -0.15) is 11.8 Å². The molecule has 1 rings (SSSR count). The predicted octanol–water partition coefficient (Wildman–Crippen LogP) is 1.84. The van der Waals surface area contributed by atoms with E-state index in [1.165, 1.54) is 0 Å². The van der Waals surface area contributed by atoms with Crippen LogP contribution in [0.3, 0.4) is 0 Å². The molecule has 0 heterocycles. The van der Waals surface area contributed by atoms with Crippen molar-refractivity contribution in [1.82, 2.24) is 4.72 Å². The first-order chi connectivity index (χ1) is 9.44. The molecule has 0 aromatic heterocycles. The Hall–Kier alpha value is -0.700. The molecule has 0 saturated carbocycles. The number of hydrogen-bond donors (Lipinski definition) is 2. The number of halogens is 2. The molecule has 0 saturated heterocycles. The van der Waals surface area contributed by atoms with E-state index >= 15 is 0 Å². The number of hydrogen-bond acceptors (Lipinski definition) is 4. The van der Waals surface area contributed by atoms with Crippen molar-refractivity contribution in [3.8, 4) is 0 Å². The van der Waals surface area contributed by atoms with Gasteiger partial charge in [0.2, 0.25) is 10.0 Å². The molecule has 114 valence electrons. The van der Waals surface area contributed by atoms with Gasteiger partial charge in [0.05, 0.1) is 0 Å². The molecule has 0 amide bonds. The van der Waals surface area contributed by atoms with Gasteiger partial charge in [-0.25, -0.2) is 21.9 Å². The second-order valence-corrected chi connectivity index (χ2v) is 6.86. The molecule has 0 unspecified atom stereocenters. The molecular formula is C12H18F2N2O2S2. The van der Waals surface area contributed by atoms with Gasteiger partial charge in [-0.1, -0.05) is 0 Å². The fourth-order valence-corrected chi connectivity index (χ4v) is 3.29. The van der Waals surface area contributed by atoms with E-state index in [4.69, 9.17) is 5.73 Å². The molecule has 0 fully saturated rings. The Morgan fingerprint density at radius 2 is 2.00 bits per heavy atom. The summed E-state index contributed by atoms with van der Waals surface area (Å²) in [5.74, 6) is -1.03. The molecule has 4 nitrogen and oxygen atoms in total. The van der Waals surface area contributed by atoms with Crippen molar-refractivity contribution in [1.29, 1.82) is 0 Å². The Balaban J connectivity index is 2.83. The minimum absolute atomic E-state index is 0.220. The highest BCUT2D eigenvalue weighted by Gasteiger charge is 2.22. The summed E-state index contributed by atoms with van der Waals surface area (Å²) in [6, 6.07) is 1.82. The van der Waals surface area contributed by atoms with Crippen molar-refractivity contribution >= 4 is 21.8 Å². The SMILES string of the molecule is CSCCCCNS(=O)(=O)c1ccc(F)c(CN)c1F. The standard InChI is InChI=1S/C12H18F2N2O2S2/c1-19-7-3-2-6-16-20(17,18)11-5-4-10(13)9(8-15)12(11)14/h4-5,16H,2-3,6-8,15H2,1H3. The Kier molecular flexibility index (Phi) is 6.87. The van der Waals surface area contributed by atoms with Crippen molar-refractivity contribution in [3.63, 3.8) is 0 Å². The van der Waals surface area contributed by atoms with Crippen LogP contribution in [0.2, 0.25) is 0 Å². The molecule has 3 N–H and O–H groups in total. The van der Waals surface area contributed by atoms with E-state index in [1.54, 1.807) is 11.8 Å². The van der Waals surface area contributed by atoms with Gasteiger partial charge in [0, 0.05) is 18.7 Å². The molecule has 0 atom stereocenters. The van der Waals surface area contributed by atoms with Gasteiger partial charge in [0.1, 0.15) is 10.7 Å². The fraction of sp³-hybridized carbons (Fsp3) is 0.500. The van der Waals surface area contributed by atoms with Crippen LogP contribution in [0.5, 0.6) is 0 Å². The zero-order valence-electron chi connectivity index (χ0n) is 11.2. The molecule has 0 radical (unpaired) electrons. The Labute approximate surface area is 122 Å². The topological polar surface area (TPSA) is 72.2 Å². The van der Waals surface area contributed by atoms with Crippen LogP contribution in [0.25, 0.3) is 0 Å². The lowest BCUT2D eigenvalue weighted by atomic mass is 10.2. The number of nitrogens with one attached hydrogen (secondary N) is 1. The van der Waals surface area contributed by atoms with Gasteiger partial charge in [-0.15, -0.1) is 0 Å². The molecule has 8 heteroatoms. The minimum Gasteiger partial charge on any atom is -0.326 e. The monoisotopic (exact) mass is 324 g/mol. The first-order valence-electron chi connectivity index (χ1n) is 6.09. The highest BCUT2D eigenvalue weighted by atomic mass is 32.2. The molecule has 0 spiro atoms. The van der Waals surface area contributed by atoms with Gasteiger partial charge in [0.15, 0.2) is 5.82 Å². The maximum atomic E-state index is 13.9. The van der Waals surface area contributed by atoms with E-state index in [0.717, 1.165) is 24.3 Å². The zero-order chi connectivity index (χ0) is 15.2. The van der Waals surface area contributed by atoms with E-state index in [1.807, 2.05) is 6.26 Å². The average molecular weight is 324 g/mol. The van der Waals surface area contributed by atoms with Crippen LogP contribution in [-0.2, 0) is 16.6 Å². The minimum atomic E-state index is -3.98. The second kappa shape index (κ2) is 7.92. The van der Waals surface area contributed by atoms with Gasteiger partial charge in [-0.05, 0) is 37.0 Å². The third-order valence-electron chi connectivity index (χ3n) is 2.71. The maximum absolute atomic E-state index is 13.9. The molecule has 0 aliphatic rings. The lowest BCUT2D eigenvalue weighted by molar-refractivity contribution is 0.525. The van der Waals surface area contributed by atoms with Crippen LogP contribution in [0.4, 0.5) is 8.78 Å². The summed E-state index contributed by atoms with van der Waals surface area (Å²) in [6.07, 6.45) is 3.49. The second-order valence-electron chi connectivity index (χ2n) is 4.14. The van der Waals surface area contributed by atoms with Crippen LogP contribution in [-0.4, -0.2) is 27.0 Å². The van der Waals surface area contributed by atoms with Crippen molar-refractivity contribution in [2.45, 2.75) is 24.3 Å². The number of rotatable bonds is 8. The van der Waals surface area contributed by atoms with Crippen molar-refractivity contribution in [3.05, 3.63) is 29.3 Å². The smallest absolute Gasteiger partial charge is 0.243 e. The van der Waals surface area contributed by atoms with Gasteiger partial charge in [0.25, 0.3) is 0 Å². The lowest BCUT2D eigenvalue weighted by Gasteiger charge is -2.10. The quantitative estimate of drug-likeness (QED) is 0.716. The lowest BCUT2D eigenvalue weighted by Crippen LogP contribution is -2.26. The summed E-state index contributed by atoms with van der Waals surface area (Å²) in [7, 11) is -3.98. The highest BCUT2D eigenvalue weighted by molar-refractivity contribution is 7.98. The van der Waals surface area contributed by atoms with Crippen molar-refractivity contribution in [2.75, 3.05) is 18.6 Å². The van der Waals surface area contributed by atoms with E-state index in [0.29, 0.717) is 6.42 Å². The summed E-state index contributed by atoms with van der Waals surface area (Å²) in [5, 5.41) is 0. The highest BCUT2D eigenvalue weighted by Crippen LogP contribution is 2.20. The molecule has 0 bridgehead atoms. The number of benzene rings is 1. The third-order valence-corrected chi connectivity index (χ3v) is 4.89. The largest absolute Gasteiger partial charge is 0.326 e. The van der Waals surface area contributed by atoms with Gasteiger partial charge < -0.3 is 5.73 Å². The summed E-state index contributed by atoms with van der Waals surface area (Å²) >= 11 is 1.67. The van der Waals surface area contributed by atoms with Crippen molar-refractivity contribution in [2.24, 2.45) is 5.73 Å². The first kappa shape index (κ1) is 17.4. The Bertz CT molecular complexity index is 551. The first-order valence-corrected chi connectivity index (χ1v) is 8.97. The number of sulfonamides is 1. The predicted molar refractivity (Wildman–Crippen MR) is 77.1 cm³/mol. The number of unbranched alkanes of at least 4 members (excludes halogenated alkanes) is 1. The van der Waals surface area contributed by atoms with Gasteiger partial charge in [-0.3, -0.25) is 0 Å². The molecule has 20 heavy (non-hydrogen) atoms. The summed E-state index contributed by atoms with van der Waals surface area (Å²) < 4.78 is 53.4. The molecule has 1 aromatic carbocycles.